The van der Waals surface area contributed by atoms with Gasteiger partial charge in [-0.2, -0.15) is 0 Å². The van der Waals surface area contributed by atoms with Crippen LogP contribution in [0.15, 0.2) is 18.2 Å². The molecule has 4 heteroatoms. The van der Waals surface area contributed by atoms with Gasteiger partial charge < -0.3 is 10.5 Å². The molecule has 1 aliphatic rings. The number of halogens is 2. The van der Waals surface area contributed by atoms with E-state index in [1.54, 1.807) is 6.07 Å². The summed E-state index contributed by atoms with van der Waals surface area (Å²) >= 11 is 6.02. The number of hydrogen-bond donors (Lipinski definition) is 1. The maximum Gasteiger partial charge on any atom is 0.123 e. The largest absolute Gasteiger partial charge is 0.378 e. The number of hydrogen-bond acceptors (Lipinski definition) is 2. The fourth-order valence-electron chi connectivity index (χ4n) is 2.36. The van der Waals surface area contributed by atoms with Gasteiger partial charge in [-0.15, -0.1) is 0 Å². The van der Waals surface area contributed by atoms with Crippen LogP contribution in [0.2, 0.25) is 5.02 Å². The highest BCUT2D eigenvalue weighted by Crippen LogP contribution is 2.21. The molecule has 1 aromatic rings. The Bertz CT molecular complexity index is 393. The summed E-state index contributed by atoms with van der Waals surface area (Å²) < 4.78 is 18.7. The van der Waals surface area contributed by atoms with Gasteiger partial charge in [0.2, 0.25) is 0 Å². The van der Waals surface area contributed by atoms with Gasteiger partial charge in [-0.1, -0.05) is 11.6 Å². The van der Waals surface area contributed by atoms with Gasteiger partial charge in [0.05, 0.1) is 6.10 Å². The Hall–Kier alpha value is -0.640. The van der Waals surface area contributed by atoms with Crippen LogP contribution >= 0.6 is 11.6 Å². The smallest absolute Gasteiger partial charge is 0.123 e. The zero-order chi connectivity index (χ0) is 13.0. The van der Waals surface area contributed by atoms with Crippen molar-refractivity contribution in [1.29, 1.82) is 0 Å². The molecule has 1 aromatic carbocycles. The fraction of sp³-hybridized carbons (Fsp3) is 0.571. The van der Waals surface area contributed by atoms with Gasteiger partial charge in [-0.25, -0.2) is 4.39 Å². The molecule has 2 unspecified atom stereocenters. The fourth-order valence-corrected chi connectivity index (χ4v) is 2.55. The van der Waals surface area contributed by atoms with E-state index < -0.39 is 0 Å². The van der Waals surface area contributed by atoms with E-state index in [1.165, 1.54) is 12.1 Å². The molecule has 0 radical (unpaired) electrons. The maximum absolute atomic E-state index is 13.1. The lowest BCUT2D eigenvalue weighted by Crippen LogP contribution is -2.24. The van der Waals surface area contributed by atoms with E-state index in [0.717, 1.165) is 37.9 Å². The van der Waals surface area contributed by atoms with Gasteiger partial charge in [0.1, 0.15) is 5.82 Å². The summed E-state index contributed by atoms with van der Waals surface area (Å²) in [6.45, 7) is 0.871. The second-order valence-electron chi connectivity index (χ2n) is 4.91. The second kappa shape index (κ2) is 6.50. The van der Waals surface area contributed by atoms with Crippen molar-refractivity contribution in [3.8, 4) is 0 Å². The van der Waals surface area contributed by atoms with E-state index in [4.69, 9.17) is 22.1 Å². The van der Waals surface area contributed by atoms with E-state index >= 15 is 0 Å². The molecule has 2 rings (SSSR count). The summed E-state index contributed by atoms with van der Waals surface area (Å²) in [5, 5.41) is 0.587. The van der Waals surface area contributed by atoms with Crippen molar-refractivity contribution < 1.29 is 9.13 Å². The highest BCUT2D eigenvalue weighted by molar-refractivity contribution is 6.31. The molecule has 0 bridgehead atoms. The zero-order valence-corrected chi connectivity index (χ0v) is 11.1. The first-order chi connectivity index (χ1) is 8.65. The summed E-state index contributed by atoms with van der Waals surface area (Å²) in [7, 11) is 0. The second-order valence-corrected chi connectivity index (χ2v) is 5.32. The van der Waals surface area contributed by atoms with E-state index in [9.17, 15) is 4.39 Å². The summed E-state index contributed by atoms with van der Waals surface area (Å²) in [4.78, 5) is 0. The first-order valence-electron chi connectivity index (χ1n) is 6.46. The van der Waals surface area contributed by atoms with E-state index in [-0.39, 0.29) is 11.9 Å². The van der Waals surface area contributed by atoms with Gasteiger partial charge in [0, 0.05) is 17.7 Å². The van der Waals surface area contributed by atoms with E-state index in [2.05, 4.69) is 0 Å². The first kappa shape index (κ1) is 13.8. The third-order valence-electron chi connectivity index (χ3n) is 3.37. The Kier molecular flexibility index (Phi) is 4.98. The van der Waals surface area contributed by atoms with Gasteiger partial charge in [-0.05, 0) is 55.9 Å². The van der Waals surface area contributed by atoms with Crippen molar-refractivity contribution in [2.45, 2.75) is 44.2 Å². The Morgan fingerprint density at radius 3 is 3.06 bits per heavy atom. The molecule has 0 aliphatic carbocycles. The van der Waals surface area contributed by atoms with Gasteiger partial charge in [0.15, 0.2) is 0 Å². The van der Waals surface area contributed by atoms with Gasteiger partial charge in [-0.3, -0.25) is 0 Å². The quantitative estimate of drug-likeness (QED) is 0.892. The minimum atomic E-state index is -0.263. The SMILES string of the molecule is NC(CCC1CCCO1)Cc1cc(F)ccc1Cl. The average molecular weight is 272 g/mol. The van der Waals surface area contributed by atoms with Crippen molar-refractivity contribution >= 4 is 11.6 Å². The van der Waals surface area contributed by atoms with Crippen LogP contribution in [0.4, 0.5) is 4.39 Å². The highest BCUT2D eigenvalue weighted by Gasteiger charge is 2.17. The van der Waals surface area contributed by atoms with Crippen LogP contribution in [-0.2, 0) is 11.2 Å². The molecule has 1 aliphatic heterocycles. The van der Waals surface area contributed by atoms with Crippen molar-refractivity contribution in [1.82, 2.24) is 0 Å². The predicted octanol–water partition coefficient (Wildman–Crippen LogP) is 3.31. The zero-order valence-electron chi connectivity index (χ0n) is 10.4. The minimum Gasteiger partial charge on any atom is -0.378 e. The average Bonchev–Trinajstić information content (AvgIpc) is 2.84. The minimum absolute atomic E-state index is 0.00787. The molecule has 1 saturated heterocycles. The number of ether oxygens (including phenoxy) is 1. The van der Waals surface area contributed by atoms with E-state index in [0.29, 0.717) is 17.5 Å². The Morgan fingerprint density at radius 1 is 1.50 bits per heavy atom. The number of benzene rings is 1. The van der Waals surface area contributed by atoms with Crippen LogP contribution < -0.4 is 5.73 Å². The van der Waals surface area contributed by atoms with Crippen molar-refractivity contribution in [2.75, 3.05) is 6.61 Å². The molecule has 2 atom stereocenters. The lowest BCUT2D eigenvalue weighted by atomic mass is 10.00. The third-order valence-corrected chi connectivity index (χ3v) is 3.74. The van der Waals surface area contributed by atoms with Crippen molar-refractivity contribution in [3.05, 3.63) is 34.6 Å². The van der Waals surface area contributed by atoms with Gasteiger partial charge in [0.25, 0.3) is 0 Å². The van der Waals surface area contributed by atoms with Crippen molar-refractivity contribution in [2.24, 2.45) is 5.73 Å². The summed E-state index contributed by atoms with van der Waals surface area (Å²) in [5.74, 6) is -0.263. The number of nitrogens with two attached hydrogens (primary N) is 1. The van der Waals surface area contributed by atoms with E-state index in [1.807, 2.05) is 0 Å². The van der Waals surface area contributed by atoms with Crippen LogP contribution in [0.5, 0.6) is 0 Å². The van der Waals surface area contributed by atoms with Crippen LogP contribution in [0.1, 0.15) is 31.2 Å². The van der Waals surface area contributed by atoms with Crippen molar-refractivity contribution in [3.63, 3.8) is 0 Å². The maximum atomic E-state index is 13.1. The van der Waals surface area contributed by atoms with Crippen LogP contribution in [0.25, 0.3) is 0 Å². The molecular weight excluding hydrogens is 253 g/mol. The standard InChI is InChI=1S/C14H19ClFNO/c15-14-6-3-11(16)8-10(14)9-12(17)4-5-13-2-1-7-18-13/h3,6,8,12-13H,1-2,4-5,7,9,17H2. The van der Waals surface area contributed by atoms with Crippen LogP contribution in [0.3, 0.4) is 0 Å². The van der Waals surface area contributed by atoms with Crippen LogP contribution in [-0.4, -0.2) is 18.8 Å². The lowest BCUT2D eigenvalue weighted by Gasteiger charge is -2.15. The summed E-state index contributed by atoms with van der Waals surface area (Å²) in [5.41, 5.74) is 6.85. The summed E-state index contributed by atoms with van der Waals surface area (Å²) in [6.07, 6.45) is 5.12. The molecule has 0 aromatic heterocycles. The molecule has 0 saturated carbocycles. The topological polar surface area (TPSA) is 35.2 Å². The lowest BCUT2D eigenvalue weighted by molar-refractivity contribution is 0.101. The molecule has 1 fully saturated rings. The molecule has 1 heterocycles. The molecular formula is C14H19ClFNO. The highest BCUT2D eigenvalue weighted by atomic mass is 35.5. The third kappa shape index (κ3) is 3.94. The normalized spacial score (nSPS) is 21.2. The molecule has 100 valence electrons. The molecule has 0 amide bonds. The Morgan fingerprint density at radius 2 is 2.33 bits per heavy atom. The monoisotopic (exact) mass is 271 g/mol. The molecule has 18 heavy (non-hydrogen) atoms. The molecule has 0 spiro atoms. The summed E-state index contributed by atoms with van der Waals surface area (Å²) in [6, 6.07) is 4.42. The molecule has 2 nitrogen and oxygen atoms in total. The van der Waals surface area contributed by atoms with Gasteiger partial charge >= 0.3 is 0 Å². The predicted molar refractivity (Wildman–Crippen MR) is 71.3 cm³/mol. The Balaban J connectivity index is 1.82. The number of rotatable bonds is 5. The Labute approximate surface area is 112 Å². The molecule has 2 N–H and O–H groups in total. The first-order valence-corrected chi connectivity index (χ1v) is 6.84. The van der Waals surface area contributed by atoms with Crippen LogP contribution in [0, 0.1) is 5.82 Å².